The molecule has 0 heterocycles. The third-order valence-corrected chi connectivity index (χ3v) is 5.38. The van der Waals surface area contributed by atoms with Gasteiger partial charge in [-0.05, 0) is 43.6 Å². The molecule has 1 saturated carbocycles. The van der Waals surface area contributed by atoms with Gasteiger partial charge in [0.15, 0.2) is 0 Å². The number of hydrogen-bond donors (Lipinski definition) is 4. The van der Waals surface area contributed by atoms with E-state index in [9.17, 15) is 20.1 Å². The zero-order chi connectivity index (χ0) is 20.4. The quantitative estimate of drug-likeness (QED) is 0.345. The second-order valence-corrected chi connectivity index (χ2v) is 7.58. The molecule has 0 aliphatic heterocycles. The Bertz CT molecular complexity index is 640. The summed E-state index contributed by atoms with van der Waals surface area (Å²) in [6.45, 7) is 0. The average molecular weight is 389 g/mol. The van der Waals surface area contributed by atoms with Crippen LogP contribution in [0.15, 0.2) is 54.6 Å². The lowest BCUT2D eigenvalue weighted by molar-refractivity contribution is -0.137. The maximum Gasteiger partial charge on any atom is 0.303 e. The van der Waals surface area contributed by atoms with Crippen LogP contribution in [0.5, 0.6) is 0 Å². The fourth-order valence-corrected chi connectivity index (χ4v) is 3.76. The number of benzene rings is 1. The first kappa shape index (κ1) is 22.3. The van der Waals surface area contributed by atoms with Gasteiger partial charge < -0.3 is 20.4 Å². The summed E-state index contributed by atoms with van der Waals surface area (Å²) in [7, 11) is 0. The zero-order valence-electron chi connectivity index (χ0n) is 16.2. The van der Waals surface area contributed by atoms with Gasteiger partial charge in [-0.2, -0.15) is 0 Å². The molecule has 4 N–H and O–H groups in total. The summed E-state index contributed by atoms with van der Waals surface area (Å²) in [5.41, 5.74) is 1.18. The molecule has 28 heavy (non-hydrogen) atoms. The Balaban J connectivity index is 1.82. The van der Waals surface area contributed by atoms with Gasteiger partial charge in [-0.1, -0.05) is 54.6 Å². The molecular formula is C23H32O5. The van der Waals surface area contributed by atoms with Gasteiger partial charge in [0.2, 0.25) is 0 Å². The standard InChI is InChI=1S/C23H32O5/c24-18(13-12-17-8-4-3-5-9-17)14-15-20-19(21(25)16-22(20)26)10-6-1-2-7-11-23(27)28/h1,3-6,8-9,14-15,18-22,24-26H,2,7,10-13,16H2,(H,27,28)/b6-1-,15-14+/t18-,19+,20-,21+,22+/m0/s1. The first-order chi connectivity index (χ1) is 13.5. The molecule has 1 aromatic rings. The fourth-order valence-electron chi connectivity index (χ4n) is 3.76. The molecule has 1 aromatic carbocycles. The summed E-state index contributed by atoms with van der Waals surface area (Å²) >= 11 is 0. The van der Waals surface area contributed by atoms with Crippen molar-refractivity contribution in [1.82, 2.24) is 0 Å². The predicted octanol–water partition coefficient (Wildman–Crippen LogP) is 3.10. The van der Waals surface area contributed by atoms with Crippen LogP contribution in [-0.4, -0.2) is 44.7 Å². The Hall–Kier alpha value is -1.95. The first-order valence-corrected chi connectivity index (χ1v) is 10.1. The molecule has 0 spiro atoms. The Morgan fingerprint density at radius 1 is 1.14 bits per heavy atom. The highest BCUT2D eigenvalue weighted by molar-refractivity contribution is 5.66. The normalized spacial score (nSPS) is 26.2. The number of carboxylic acids is 1. The highest BCUT2D eigenvalue weighted by atomic mass is 16.4. The van der Waals surface area contributed by atoms with Gasteiger partial charge in [-0.25, -0.2) is 0 Å². The summed E-state index contributed by atoms with van der Waals surface area (Å²) in [4.78, 5) is 10.5. The van der Waals surface area contributed by atoms with Crippen molar-refractivity contribution in [3.8, 4) is 0 Å². The van der Waals surface area contributed by atoms with Crippen molar-refractivity contribution in [3.05, 3.63) is 60.2 Å². The Labute approximate surface area is 167 Å². The molecule has 0 aromatic heterocycles. The van der Waals surface area contributed by atoms with E-state index in [1.165, 1.54) is 5.56 Å². The summed E-state index contributed by atoms with van der Waals surface area (Å²) in [6, 6.07) is 9.99. The van der Waals surface area contributed by atoms with Gasteiger partial charge in [-0.15, -0.1) is 0 Å². The van der Waals surface area contributed by atoms with Gasteiger partial charge in [0.1, 0.15) is 0 Å². The summed E-state index contributed by atoms with van der Waals surface area (Å²) in [5, 5.41) is 39.4. The van der Waals surface area contributed by atoms with Crippen molar-refractivity contribution >= 4 is 5.97 Å². The third-order valence-electron chi connectivity index (χ3n) is 5.38. The van der Waals surface area contributed by atoms with Crippen LogP contribution in [0.3, 0.4) is 0 Å². The minimum absolute atomic E-state index is 0.0942. The number of carbonyl (C=O) groups is 1. The number of rotatable bonds is 11. The van der Waals surface area contributed by atoms with E-state index in [1.54, 1.807) is 6.08 Å². The van der Waals surface area contributed by atoms with Crippen molar-refractivity contribution in [2.24, 2.45) is 11.8 Å². The van der Waals surface area contributed by atoms with Crippen molar-refractivity contribution in [2.75, 3.05) is 0 Å². The maximum atomic E-state index is 10.5. The number of allylic oxidation sites excluding steroid dienone is 2. The van der Waals surface area contributed by atoms with E-state index in [1.807, 2.05) is 48.6 Å². The molecule has 1 fully saturated rings. The van der Waals surface area contributed by atoms with E-state index in [2.05, 4.69) is 0 Å². The molecule has 0 unspecified atom stereocenters. The molecule has 154 valence electrons. The van der Waals surface area contributed by atoms with Crippen LogP contribution in [0.4, 0.5) is 0 Å². The van der Waals surface area contributed by atoms with Gasteiger partial charge >= 0.3 is 5.97 Å². The molecule has 0 radical (unpaired) electrons. The number of unbranched alkanes of at least 4 members (excludes halogenated alkanes) is 1. The van der Waals surface area contributed by atoms with Gasteiger partial charge in [0.05, 0.1) is 18.3 Å². The van der Waals surface area contributed by atoms with Crippen LogP contribution in [-0.2, 0) is 11.2 Å². The number of aliphatic hydroxyl groups is 3. The second kappa shape index (κ2) is 11.8. The minimum Gasteiger partial charge on any atom is -0.481 e. The van der Waals surface area contributed by atoms with Crippen LogP contribution in [0.1, 0.15) is 44.1 Å². The molecule has 5 atom stereocenters. The summed E-state index contributed by atoms with van der Waals surface area (Å²) in [6.07, 6.45) is 9.51. The van der Waals surface area contributed by atoms with Crippen molar-refractivity contribution in [1.29, 1.82) is 0 Å². The number of hydrogen-bond acceptors (Lipinski definition) is 4. The molecule has 5 heteroatoms. The first-order valence-electron chi connectivity index (χ1n) is 10.1. The van der Waals surface area contributed by atoms with E-state index in [0.29, 0.717) is 32.1 Å². The van der Waals surface area contributed by atoms with Crippen molar-refractivity contribution < 1.29 is 25.2 Å². The third kappa shape index (κ3) is 7.58. The largest absolute Gasteiger partial charge is 0.481 e. The second-order valence-electron chi connectivity index (χ2n) is 7.58. The SMILES string of the molecule is O=C(O)CCC/C=C\C[C@@H]1[C@H](/C=C/[C@@H](O)CCc2ccccc2)[C@H](O)C[C@H]1O. The topological polar surface area (TPSA) is 98.0 Å². The summed E-state index contributed by atoms with van der Waals surface area (Å²) < 4.78 is 0. The minimum atomic E-state index is -0.793. The number of carboxylic acid groups (broad SMARTS) is 1. The lowest BCUT2D eigenvalue weighted by Gasteiger charge is -2.19. The van der Waals surface area contributed by atoms with E-state index in [-0.39, 0.29) is 18.3 Å². The van der Waals surface area contributed by atoms with E-state index in [4.69, 9.17) is 5.11 Å². The smallest absolute Gasteiger partial charge is 0.303 e. The van der Waals surface area contributed by atoms with Gasteiger partial charge in [-0.3, -0.25) is 4.79 Å². The van der Waals surface area contributed by atoms with Crippen LogP contribution in [0, 0.1) is 11.8 Å². The predicted molar refractivity (Wildman–Crippen MR) is 109 cm³/mol. The van der Waals surface area contributed by atoms with Gasteiger partial charge in [0.25, 0.3) is 0 Å². The Morgan fingerprint density at radius 2 is 1.89 bits per heavy atom. The van der Waals surface area contributed by atoms with Crippen LogP contribution in [0.2, 0.25) is 0 Å². The molecule has 0 bridgehead atoms. The van der Waals surface area contributed by atoms with Crippen molar-refractivity contribution in [3.63, 3.8) is 0 Å². The summed E-state index contributed by atoms with van der Waals surface area (Å²) in [5.74, 6) is -1.08. The zero-order valence-corrected chi connectivity index (χ0v) is 16.2. The monoisotopic (exact) mass is 388 g/mol. The van der Waals surface area contributed by atoms with Crippen LogP contribution >= 0.6 is 0 Å². The van der Waals surface area contributed by atoms with E-state index < -0.39 is 24.3 Å². The Kier molecular flexibility index (Phi) is 9.41. The van der Waals surface area contributed by atoms with E-state index >= 15 is 0 Å². The number of aliphatic carboxylic acids is 1. The lowest BCUT2D eigenvalue weighted by atomic mass is 9.89. The molecule has 1 aliphatic rings. The molecule has 1 aliphatic carbocycles. The number of aliphatic hydroxyl groups excluding tert-OH is 3. The molecule has 0 saturated heterocycles. The van der Waals surface area contributed by atoms with Crippen LogP contribution < -0.4 is 0 Å². The van der Waals surface area contributed by atoms with Gasteiger partial charge in [0, 0.05) is 18.8 Å². The maximum absolute atomic E-state index is 10.5. The number of aryl methyl sites for hydroxylation is 1. The highest BCUT2D eigenvalue weighted by Gasteiger charge is 2.39. The average Bonchev–Trinajstić information content (AvgIpc) is 2.94. The highest BCUT2D eigenvalue weighted by Crippen LogP contribution is 2.36. The fraction of sp³-hybridized carbons (Fsp3) is 0.522. The van der Waals surface area contributed by atoms with Crippen LogP contribution in [0.25, 0.3) is 0 Å². The molecule has 5 nitrogen and oxygen atoms in total. The molecular weight excluding hydrogens is 356 g/mol. The molecule has 0 amide bonds. The molecule has 2 rings (SSSR count). The Morgan fingerprint density at radius 3 is 2.61 bits per heavy atom. The van der Waals surface area contributed by atoms with E-state index in [0.717, 1.165) is 6.42 Å². The van der Waals surface area contributed by atoms with Crippen molar-refractivity contribution in [2.45, 2.75) is 63.3 Å². The lowest BCUT2D eigenvalue weighted by Crippen LogP contribution is -2.20.